The summed E-state index contributed by atoms with van der Waals surface area (Å²) in [4.78, 5) is 15.3. The number of hydrogen-bond acceptors (Lipinski definition) is 2. The van der Waals surface area contributed by atoms with Crippen LogP contribution in [0.3, 0.4) is 0 Å². The maximum absolute atomic E-state index is 11.1. The van der Waals surface area contributed by atoms with E-state index in [9.17, 15) is 4.79 Å². The number of aromatic nitrogens is 2. The van der Waals surface area contributed by atoms with Crippen LogP contribution in [0.25, 0.3) is 5.65 Å². The van der Waals surface area contributed by atoms with Crippen LogP contribution in [0.1, 0.15) is 36.7 Å². The van der Waals surface area contributed by atoms with Crippen LogP contribution in [0.2, 0.25) is 0 Å². The fourth-order valence-corrected chi connectivity index (χ4v) is 1.78. The molecule has 0 aliphatic heterocycles. The van der Waals surface area contributed by atoms with Crippen molar-refractivity contribution in [1.29, 1.82) is 0 Å². The first-order chi connectivity index (χ1) is 7.04. The minimum Gasteiger partial charge on any atom is -0.307 e. The zero-order valence-corrected chi connectivity index (χ0v) is 9.19. The molecule has 78 valence electrons. The van der Waals surface area contributed by atoms with E-state index in [1.165, 1.54) is 0 Å². The average molecular weight is 202 g/mol. The largest absolute Gasteiger partial charge is 0.307 e. The summed E-state index contributed by atoms with van der Waals surface area (Å²) in [6, 6.07) is 1.98. The third-order valence-electron chi connectivity index (χ3n) is 2.53. The van der Waals surface area contributed by atoms with E-state index in [-0.39, 0.29) is 5.41 Å². The van der Waals surface area contributed by atoms with Crippen LogP contribution in [0.4, 0.5) is 0 Å². The summed E-state index contributed by atoms with van der Waals surface area (Å²) in [5.74, 6) is 0. The van der Waals surface area contributed by atoms with Crippen molar-refractivity contribution in [3.8, 4) is 0 Å². The lowest BCUT2D eigenvalue weighted by Crippen LogP contribution is -2.15. The summed E-state index contributed by atoms with van der Waals surface area (Å²) in [6.45, 7) is 6.28. The second-order valence-electron chi connectivity index (χ2n) is 4.67. The summed E-state index contributed by atoms with van der Waals surface area (Å²) in [7, 11) is 0. The maximum atomic E-state index is 11.1. The molecule has 0 fully saturated rings. The summed E-state index contributed by atoms with van der Waals surface area (Å²) in [6.07, 6.45) is 6.38. The first-order valence-electron chi connectivity index (χ1n) is 4.95. The van der Waals surface area contributed by atoms with Crippen LogP contribution in [-0.4, -0.2) is 15.7 Å². The topological polar surface area (TPSA) is 34.4 Å². The Balaban J connectivity index is 2.80. The number of nitrogens with zero attached hydrogens (tertiary/aromatic N) is 2. The molecule has 0 bridgehead atoms. The first-order valence-corrected chi connectivity index (χ1v) is 4.95. The molecule has 0 N–H and O–H groups in total. The molecule has 0 saturated carbocycles. The van der Waals surface area contributed by atoms with Crippen molar-refractivity contribution < 1.29 is 4.79 Å². The van der Waals surface area contributed by atoms with Crippen molar-refractivity contribution in [2.45, 2.75) is 26.2 Å². The number of imidazole rings is 1. The van der Waals surface area contributed by atoms with Gasteiger partial charge in [-0.1, -0.05) is 20.8 Å². The van der Waals surface area contributed by atoms with Gasteiger partial charge in [-0.2, -0.15) is 0 Å². The number of rotatable bonds is 1. The molecule has 3 heteroatoms. The van der Waals surface area contributed by atoms with Crippen LogP contribution in [0.15, 0.2) is 24.7 Å². The quantitative estimate of drug-likeness (QED) is 0.666. The van der Waals surface area contributed by atoms with Crippen LogP contribution < -0.4 is 0 Å². The van der Waals surface area contributed by atoms with Gasteiger partial charge in [0.25, 0.3) is 0 Å². The Morgan fingerprint density at radius 1 is 1.33 bits per heavy atom. The zero-order chi connectivity index (χ0) is 11.1. The van der Waals surface area contributed by atoms with Gasteiger partial charge < -0.3 is 4.40 Å². The van der Waals surface area contributed by atoms with E-state index in [0.29, 0.717) is 5.56 Å². The molecular formula is C12H14N2O. The van der Waals surface area contributed by atoms with Crippen LogP contribution in [-0.2, 0) is 5.41 Å². The molecule has 2 aromatic rings. The number of pyridine rings is 1. The monoisotopic (exact) mass is 202 g/mol. The van der Waals surface area contributed by atoms with Crippen molar-refractivity contribution >= 4 is 11.9 Å². The molecule has 15 heavy (non-hydrogen) atoms. The SMILES string of the molecule is CC(C)(C)c1ccn2ccnc2c1C=O. The van der Waals surface area contributed by atoms with Gasteiger partial charge in [-0.05, 0) is 17.0 Å². The van der Waals surface area contributed by atoms with Crippen molar-refractivity contribution in [2.24, 2.45) is 0 Å². The summed E-state index contributed by atoms with van der Waals surface area (Å²) < 4.78 is 1.86. The lowest BCUT2D eigenvalue weighted by Gasteiger charge is -2.21. The van der Waals surface area contributed by atoms with Crippen molar-refractivity contribution in [3.05, 3.63) is 35.8 Å². The Labute approximate surface area is 88.8 Å². The van der Waals surface area contributed by atoms with E-state index in [0.717, 1.165) is 17.5 Å². The van der Waals surface area contributed by atoms with E-state index in [2.05, 4.69) is 25.8 Å². The molecule has 0 atom stereocenters. The predicted octanol–water partition coefficient (Wildman–Crippen LogP) is 2.44. The molecule has 0 aromatic carbocycles. The smallest absolute Gasteiger partial charge is 0.154 e. The molecule has 0 unspecified atom stereocenters. The van der Waals surface area contributed by atoms with E-state index < -0.39 is 0 Å². The molecule has 0 aliphatic rings. The van der Waals surface area contributed by atoms with Gasteiger partial charge in [-0.25, -0.2) is 4.98 Å². The summed E-state index contributed by atoms with van der Waals surface area (Å²) in [5.41, 5.74) is 2.42. The highest BCUT2D eigenvalue weighted by molar-refractivity contribution is 5.86. The highest BCUT2D eigenvalue weighted by atomic mass is 16.1. The van der Waals surface area contributed by atoms with Gasteiger partial charge in [-0.3, -0.25) is 4.79 Å². The molecule has 0 radical (unpaired) electrons. The van der Waals surface area contributed by atoms with Crippen LogP contribution in [0.5, 0.6) is 0 Å². The highest BCUT2D eigenvalue weighted by Crippen LogP contribution is 2.26. The van der Waals surface area contributed by atoms with E-state index in [1.54, 1.807) is 6.20 Å². The molecule has 3 nitrogen and oxygen atoms in total. The Hall–Kier alpha value is -1.64. The minimum absolute atomic E-state index is 0.0378. The van der Waals surface area contributed by atoms with E-state index in [1.807, 2.05) is 22.9 Å². The minimum atomic E-state index is -0.0378. The molecule has 2 rings (SSSR count). The number of aldehydes is 1. The molecule has 2 heterocycles. The third-order valence-corrected chi connectivity index (χ3v) is 2.53. The molecule has 0 aliphatic carbocycles. The van der Waals surface area contributed by atoms with Crippen molar-refractivity contribution in [2.75, 3.05) is 0 Å². The lowest BCUT2D eigenvalue weighted by molar-refractivity contribution is 0.112. The van der Waals surface area contributed by atoms with E-state index in [4.69, 9.17) is 0 Å². The Bertz CT molecular complexity index is 506. The van der Waals surface area contributed by atoms with Gasteiger partial charge in [-0.15, -0.1) is 0 Å². The Kier molecular flexibility index (Phi) is 2.11. The van der Waals surface area contributed by atoms with Gasteiger partial charge >= 0.3 is 0 Å². The molecule has 0 saturated heterocycles. The molecule has 0 spiro atoms. The standard InChI is InChI=1S/C12H14N2O/c1-12(2,3)10-4-6-14-7-5-13-11(14)9(10)8-15/h4-8H,1-3H3. The number of carbonyl (C=O) groups is 1. The van der Waals surface area contributed by atoms with Gasteiger partial charge in [0.1, 0.15) is 5.65 Å². The van der Waals surface area contributed by atoms with Gasteiger partial charge in [0, 0.05) is 18.6 Å². The third kappa shape index (κ3) is 1.54. The maximum Gasteiger partial charge on any atom is 0.154 e. The summed E-state index contributed by atoms with van der Waals surface area (Å²) >= 11 is 0. The summed E-state index contributed by atoms with van der Waals surface area (Å²) in [5, 5.41) is 0. The Morgan fingerprint density at radius 2 is 2.07 bits per heavy atom. The van der Waals surface area contributed by atoms with Crippen LogP contribution >= 0.6 is 0 Å². The fraction of sp³-hybridized carbons (Fsp3) is 0.333. The molecule has 0 amide bonds. The van der Waals surface area contributed by atoms with Crippen molar-refractivity contribution in [1.82, 2.24) is 9.38 Å². The second kappa shape index (κ2) is 3.19. The molecule has 2 aromatic heterocycles. The number of fused-ring (bicyclic) bond motifs is 1. The van der Waals surface area contributed by atoms with Gasteiger partial charge in [0.15, 0.2) is 6.29 Å². The Morgan fingerprint density at radius 3 is 2.67 bits per heavy atom. The lowest BCUT2D eigenvalue weighted by atomic mass is 9.85. The molecular weight excluding hydrogens is 188 g/mol. The zero-order valence-electron chi connectivity index (χ0n) is 9.19. The van der Waals surface area contributed by atoms with Crippen LogP contribution in [0, 0.1) is 0 Å². The average Bonchev–Trinajstić information content (AvgIpc) is 2.61. The normalized spacial score (nSPS) is 11.9. The second-order valence-corrected chi connectivity index (χ2v) is 4.67. The first kappa shape index (κ1) is 9.90. The van der Waals surface area contributed by atoms with Crippen molar-refractivity contribution in [3.63, 3.8) is 0 Å². The van der Waals surface area contributed by atoms with E-state index >= 15 is 0 Å². The van der Waals surface area contributed by atoms with Gasteiger partial charge in [0.05, 0.1) is 5.56 Å². The number of carbonyl (C=O) groups excluding carboxylic acids is 1. The highest BCUT2D eigenvalue weighted by Gasteiger charge is 2.19. The predicted molar refractivity (Wildman–Crippen MR) is 59.3 cm³/mol. The van der Waals surface area contributed by atoms with Gasteiger partial charge in [0.2, 0.25) is 0 Å². The number of hydrogen-bond donors (Lipinski definition) is 0. The fourth-order valence-electron chi connectivity index (χ4n) is 1.78.